The Labute approximate surface area is 108 Å². The molecule has 0 radical (unpaired) electrons. The van der Waals surface area contributed by atoms with Crippen molar-refractivity contribution < 1.29 is 9.47 Å². The molecule has 1 saturated heterocycles. The largest absolute Gasteiger partial charge is 0.478 e. The maximum atomic E-state index is 5.89. The third-order valence-corrected chi connectivity index (χ3v) is 3.10. The number of hydrogen-bond donors (Lipinski definition) is 1. The Bertz CT molecular complexity index is 373. The van der Waals surface area contributed by atoms with Crippen LogP contribution >= 0.6 is 0 Å². The maximum Gasteiger partial charge on any atom is 0.220 e. The van der Waals surface area contributed by atoms with E-state index in [0.29, 0.717) is 24.3 Å². The quantitative estimate of drug-likeness (QED) is 0.862. The molecule has 0 bridgehead atoms. The Kier molecular flexibility index (Phi) is 4.75. The van der Waals surface area contributed by atoms with E-state index in [1.54, 1.807) is 6.07 Å². The summed E-state index contributed by atoms with van der Waals surface area (Å²) in [5, 5.41) is 3.33. The molecule has 0 spiro atoms. The Morgan fingerprint density at radius 3 is 3.00 bits per heavy atom. The molecule has 0 aromatic carbocycles. The van der Waals surface area contributed by atoms with Crippen molar-refractivity contribution >= 4 is 0 Å². The van der Waals surface area contributed by atoms with Crippen molar-refractivity contribution in [2.24, 2.45) is 5.92 Å². The van der Waals surface area contributed by atoms with E-state index in [2.05, 4.69) is 29.1 Å². The van der Waals surface area contributed by atoms with Crippen LogP contribution in [0, 0.1) is 5.92 Å². The molecular formula is C13H21N3O2. The zero-order chi connectivity index (χ0) is 12.8. The van der Waals surface area contributed by atoms with E-state index in [4.69, 9.17) is 9.47 Å². The van der Waals surface area contributed by atoms with Gasteiger partial charge in [-0.2, -0.15) is 0 Å². The minimum Gasteiger partial charge on any atom is -0.478 e. The Hall–Kier alpha value is -1.36. The molecule has 0 aliphatic carbocycles. The average molecular weight is 251 g/mol. The minimum atomic E-state index is 0.174. The van der Waals surface area contributed by atoms with E-state index >= 15 is 0 Å². The first-order valence-corrected chi connectivity index (χ1v) is 6.61. The summed E-state index contributed by atoms with van der Waals surface area (Å²) < 4.78 is 11.4. The first-order valence-electron chi connectivity index (χ1n) is 6.61. The molecule has 5 nitrogen and oxygen atoms in total. The van der Waals surface area contributed by atoms with Gasteiger partial charge in [0.15, 0.2) is 0 Å². The highest BCUT2D eigenvalue weighted by molar-refractivity contribution is 5.18. The first-order chi connectivity index (χ1) is 8.79. The van der Waals surface area contributed by atoms with Crippen LogP contribution in [0.3, 0.4) is 0 Å². The van der Waals surface area contributed by atoms with Crippen LogP contribution in [0.1, 0.15) is 26.7 Å². The lowest BCUT2D eigenvalue weighted by Gasteiger charge is -2.29. The molecule has 1 aromatic rings. The van der Waals surface area contributed by atoms with Gasteiger partial charge < -0.3 is 14.8 Å². The van der Waals surface area contributed by atoms with Gasteiger partial charge in [0.05, 0.1) is 12.7 Å². The van der Waals surface area contributed by atoms with Gasteiger partial charge in [-0.15, -0.1) is 0 Å². The topological polar surface area (TPSA) is 56.3 Å². The standard InChI is InChI=1S/C13H21N3O2/c1-3-6-17-12-7-13(16-9-15-12)18-11-8-14-5-4-10(11)2/h7,9-11,14H,3-6,8H2,1-2H3. The van der Waals surface area contributed by atoms with Crippen molar-refractivity contribution in [3.63, 3.8) is 0 Å². The summed E-state index contributed by atoms with van der Waals surface area (Å²) in [6.07, 6.45) is 3.76. The number of nitrogens with one attached hydrogen (secondary N) is 1. The SMILES string of the molecule is CCCOc1cc(OC2CNCCC2C)ncn1. The molecule has 1 aliphatic heterocycles. The molecule has 1 aromatic heterocycles. The summed E-state index contributed by atoms with van der Waals surface area (Å²) in [5.74, 6) is 1.72. The number of rotatable bonds is 5. The van der Waals surface area contributed by atoms with Gasteiger partial charge >= 0.3 is 0 Å². The summed E-state index contributed by atoms with van der Waals surface area (Å²) >= 11 is 0. The summed E-state index contributed by atoms with van der Waals surface area (Å²) in [6, 6.07) is 1.76. The highest BCUT2D eigenvalue weighted by Crippen LogP contribution is 2.20. The van der Waals surface area contributed by atoms with Crippen LogP contribution in [-0.4, -0.2) is 35.8 Å². The van der Waals surface area contributed by atoms with Crippen molar-refractivity contribution in [3.8, 4) is 11.8 Å². The highest BCUT2D eigenvalue weighted by atomic mass is 16.5. The first kappa shape index (κ1) is 13.1. The smallest absolute Gasteiger partial charge is 0.220 e. The van der Waals surface area contributed by atoms with E-state index < -0.39 is 0 Å². The fraction of sp³-hybridized carbons (Fsp3) is 0.692. The van der Waals surface area contributed by atoms with Gasteiger partial charge in [0.2, 0.25) is 11.8 Å². The summed E-state index contributed by atoms with van der Waals surface area (Å²) in [4.78, 5) is 8.19. The van der Waals surface area contributed by atoms with Gasteiger partial charge in [0.25, 0.3) is 0 Å². The van der Waals surface area contributed by atoms with Crippen molar-refractivity contribution in [3.05, 3.63) is 12.4 Å². The van der Waals surface area contributed by atoms with Gasteiger partial charge in [-0.25, -0.2) is 9.97 Å². The van der Waals surface area contributed by atoms with E-state index in [1.165, 1.54) is 6.33 Å². The van der Waals surface area contributed by atoms with Crippen LogP contribution in [0.15, 0.2) is 12.4 Å². The van der Waals surface area contributed by atoms with E-state index in [1.807, 2.05) is 0 Å². The minimum absolute atomic E-state index is 0.174. The maximum absolute atomic E-state index is 5.89. The van der Waals surface area contributed by atoms with Crippen molar-refractivity contribution in [2.75, 3.05) is 19.7 Å². The molecular weight excluding hydrogens is 230 g/mol. The molecule has 5 heteroatoms. The van der Waals surface area contributed by atoms with Gasteiger partial charge in [0.1, 0.15) is 12.4 Å². The van der Waals surface area contributed by atoms with Crippen LogP contribution in [0.4, 0.5) is 0 Å². The van der Waals surface area contributed by atoms with Crippen molar-refractivity contribution in [1.82, 2.24) is 15.3 Å². The van der Waals surface area contributed by atoms with Crippen LogP contribution in [0.25, 0.3) is 0 Å². The monoisotopic (exact) mass is 251 g/mol. The predicted molar refractivity (Wildman–Crippen MR) is 68.9 cm³/mol. The number of nitrogens with zero attached hydrogens (tertiary/aromatic N) is 2. The average Bonchev–Trinajstić information content (AvgIpc) is 2.40. The Balaban J connectivity index is 1.95. The molecule has 18 heavy (non-hydrogen) atoms. The predicted octanol–water partition coefficient (Wildman–Crippen LogP) is 1.64. The fourth-order valence-electron chi connectivity index (χ4n) is 1.95. The fourth-order valence-corrected chi connectivity index (χ4v) is 1.95. The Morgan fingerprint density at radius 1 is 1.39 bits per heavy atom. The van der Waals surface area contributed by atoms with Gasteiger partial charge in [-0.3, -0.25) is 0 Å². The molecule has 2 unspecified atom stereocenters. The molecule has 2 rings (SSSR count). The Morgan fingerprint density at radius 2 is 2.22 bits per heavy atom. The molecule has 0 amide bonds. The molecule has 1 aliphatic rings. The van der Waals surface area contributed by atoms with Crippen LogP contribution in [0.5, 0.6) is 11.8 Å². The second-order valence-electron chi connectivity index (χ2n) is 4.67. The van der Waals surface area contributed by atoms with Crippen LogP contribution in [0.2, 0.25) is 0 Å². The summed E-state index contributed by atoms with van der Waals surface area (Å²) in [7, 11) is 0. The summed E-state index contributed by atoms with van der Waals surface area (Å²) in [6.45, 7) is 6.87. The molecule has 2 heterocycles. The van der Waals surface area contributed by atoms with E-state index in [0.717, 1.165) is 25.9 Å². The molecule has 100 valence electrons. The second kappa shape index (κ2) is 6.54. The third-order valence-electron chi connectivity index (χ3n) is 3.10. The lowest BCUT2D eigenvalue weighted by atomic mass is 9.97. The number of ether oxygens (including phenoxy) is 2. The van der Waals surface area contributed by atoms with Crippen LogP contribution in [-0.2, 0) is 0 Å². The molecule has 2 atom stereocenters. The number of hydrogen-bond acceptors (Lipinski definition) is 5. The van der Waals surface area contributed by atoms with E-state index in [-0.39, 0.29) is 6.10 Å². The molecule has 1 N–H and O–H groups in total. The number of aromatic nitrogens is 2. The zero-order valence-electron chi connectivity index (χ0n) is 11.1. The van der Waals surface area contributed by atoms with Gasteiger partial charge in [-0.1, -0.05) is 13.8 Å². The number of piperidine rings is 1. The zero-order valence-corrected chi connectivity index (χ0v) is 11.1. The highest BCUT2D eigenvalue weighted by Gasteiger charge is 2.23. The third kappa shape index (κ3) is 3.57. The lowest BCUT2D eigenvalue weighted by molar-refractivity contribution is 0.109. The van der Waals surface area contributed by atoms with Crippen molar-refractivity contribution in [2.45, 2.75) is 32.8 Å². The molecule has 0 saturated carbocycles. The van der Waals surface area contributed by atoms with Crippen molar-refractivity contribution in [1.29, 1.82) is 0 Å². The molecule has 1 fully saturated rings. The normalized spacial score (nSPS) is 23.7. The van der Waals surface area contributed by atoms with Crippen LogP contribution < -0.4 is 14.8 Å². The lowest BCUT2D eigenvalue weighted by Crippen LogP contribution is -2.42. The second-order valence-corrected chi connectivity index (χ2v) is 4.67. The van der Waals surface area contributed by atoms with Gasteiger partial charge in [-0.05, 0) is 25.3 Å². The van der Waals surface area contributed by atoms with Gasteiger partial charge in [0, 0.05) is 6.54 Å². The summed E-state index contributed by atoms with van der Waals surface area (Å²) in [5.41, 5.74) is 0. The van der Waals surface area contributed by atoms with E-state index in [9.17, 15) is 0 Å².